The molecule has 0 aromatic rings. The quantitative estimate of drug-likeness (QED) is 0.708. The first-order valence-electron chi connectivity index (χ1n) is 3.92. The summed E-state index contributed by atoms with van der Waals surface area (Å²) in [4.78, 5) is 1.10. The Morgan fingerprint density at radius 1 is 1.46 bits per heavy atom. The summed E-state index contributed by atoms with van der Waals surface area (Å²) in [7, 11) is 0. The molecular formula is C7H13ClF3NO. The van der Waals surface area contributed by atoms with Crippen molar-refractivity contribution in [3.63, 3.8) is 0 Å². The topological polar surface area (TPSA) is 23.5 Å². The molecule has 1 atom stereocenters. The summed E-state index contributed by atoms with van der Waals surface area (Å²) in [6.07, 6.45) is -5.12. The molecule has 0 saturated heterocycles. The van der Waals surface area contributed by atoms with Gasteiger partial charge in [0.1, 0.15) is 0 Å². The smallest absolute Gasteiger partial charge is 0.391 e. The van der Waals surface area contributed by atoms with Gasteiger partial charge in [-0.15, -0.1) is 11.6 Å². The number of rotatable bonds is 5. The lowest BCUT2D eigenvalue weighted by Crippen LogP contribution is -2.39. The van der Waals surface area contributed by atoms with Crippen LogP contribution in [0.15, 0.2) is 0 Å². The molecule has 0 aliphatic heterocycles. The van der Waals surface area contributed by atoms with Gasteiger partial charge in [0.25, 0.3) is 0 Å². The van der Waals surface area contributed by atoms with E-state index in [-0.39, 0.29) is 19.0 Å². The van der Waals surface area contributed by atoms with Crippen molar-refractivity contribution in [3.8, 4) is 0 Å². The van der Waals surface area contributed by atoms with E-state index in [1.54, 1.807) is 6.92 Å². The molecular weight excluding hydrogens is 207 g/mol. The second-order valence-electron chi connectivity index (χ2n) is 2.75. The summed E-state index contributed by atoms with van der Waals surface area (Å²) >= 11 is 5.27. The fraction of sp³-hybridized carbons (Fsp3) is 1.00. The van der Waals surface area contributed by atoms with E-state index in [0.717, 1.165) is 4.90 Å². The zero-order valence-electron chi connectivity index (χ0n) is 7.31. The van der Waals surface area contributed by atoms with Gasteiger partial charge in [0.15, 0.2) is 0 Å². The summed E-state index contributed by atoms with van der Waals surface area (Å²) in [5.74, 6) is -0.0473. The van der Waals surface area contributed by atoms with Crippen LogP contribution in [-0.4, -0.2) is 47.8 Å². The van der Waals surface area contributed by atoms with E-state index in [2.05, 4.69) is 0 Å². The van der Waals surface area contributed by atoms with Crippen LogP contribution in [0.1, 0.15) is 6.92 Å². The number of aliphatic hydroxyl groups is 1. The van der Waals surface area contributed by atoms with Gasteiger partial charge in [0.05, 0.1) is 12.6 Å². The zero-order valence-corrected chi connectivity index (χ0v) is 8.07. The number of hydrogen-bond donors (Lipinski definition) is 1. The van der Waals surface area contributed by atoms with E-state index in [1.807, 2.05) is 0 Å². The molecule has 0 radical (unpaired) electrons. The van der Waals surface area contributed by atoms with Crippen molar-refractivity contribution < 1.29 is 18.3 Å². The Balaban J connectivity index is 3.89. The number of likely N-dealkylation sites (N-methyl/N-ethyl adjacent to an activating group) is 1. The highest BCUT2D eigenvalue weighted by molar-refractivity contribution is 6.18. The molecule has 1 unspecified atom stereocenters. The van der Waals surface area contributed by atoms with Crippen molar-refractivity contribution >= 4 is 11.6 Å². The lowest BCUT2D eigenvalue weighted by Gasteiger charge is -2.23. The summed E-state index contributed by atoms with van der Waals surface area (Å²) in [6, 6.07) is 0. The number of alkyl halides is 4. The van der Waals surface area contributed by atoms with Gasteiger partial charge in [-0.05, 0) is 6.54 Å². The number of hydrogen-bond acceptors (Lipinski definition) is 2. The first-order valence-corrected chi connectivity index (χ1v) is 4.45. The van der Waals surface area contributed by atoms with Crippen LogP contribution in [0.2, 0.25) is 0 Å². The summed E-state index contributed by atoms with van der Waals surface area (Å²) in [6.45, 7) is 0.803. The number of nitrogens with zero attached hydrogens (tertiary/aromatic N) is 1. The minimum Gasteiger partial charge on any atom is -0.391 e. The molecule has 0 aromatic carbocycles. The fourth-order valence-electron chi connectivity index (χ4n) is 0.906. The van der Waals surface area contributed by atoms with E-state index in [1.165, 1.54) is 0 Å². The molecule has 80 valence electrons. The van der Waals surface area contributed by atoms with Gasteiger partial charge in [-0.25, -0.2) is 0 Å². The lowest BCUT2D eigenvalue weighted by molar-refractivity contribution is -0.147. The van der Waals surface area contributed by atoms with Crippen LogP contribution in [0.3, 0.4) is 0 Å². The molecule has 0 aliphatic rings. The maximum absolute atomic E-state index is 11.9. The Morgan fingerprint density at radius 2 is 2.00 bits per heavy atom. The highest BCUT2D eigenvalue weighted by Gasteiger charge is 2.30. The first kappa shape index (κ1) is 13.0. The summed E-state index contributed by atoms with van der Waals surface area (Å²) in [5.41, 5.74) is 0. The van der Waals surface area contributed by atoms with Crippen LogP contribution in [0.5, 0.6) is 0 Å². The predicted octanol–water partition coefficient (Wildman–Crippen LogP) is 1.47. The molecule has 0 amide bonds. The van der Waals surface area contributed by atoms with Gasteiger partial charge < -0.3 is 5.11 Å². The number of halogens is 4. The SMILES string of the molecule is CCN(CC(O)CCl)CC(F)(F)F. The van der Waals surface area contributed by atoms with Crippen molar-refractivity contribution in [2.75, 3.05) is 25.5 Å². The molecule has 0 rings (SSSR count). The number of aliphatic hydroxyl groups excluding tert-OH is 1. The van der Waals surface area contributed by atoms with Gasteiger partial charge in [0, 0.05) is 12.4 Å². The molecule has 0 heterocycles. The largest absolute Gasteiger partial charge is 0.401 e. The predicted molar refractivity (Wildman–Crippen MR) is 44.9 cm³/mol. The second-order valence-corrected chi connectivity index (χ2v) is 3.06. The van der Waals surface area contributed by atoms with Crippen molar-refractivity contribution in [1.29, 1.82) is 0 Å². The van der Waals surface area contributed by atoms with Crippen molar-refractivity contribution in [3.05, 3.63) is 0 Å². The Bertz CT molecular complexity index is 142. The van der Waals surface area contributed by atoms with Gasteiger partial charge in [-0.3, -0.25) is 4.90 Å². The Labute approximate surface area is 80.3 Å². The van der Waals surface area contributed by atoms with E-state index in [9.17, 15) is 13.2 Å². The minimum atomic E-state index is -4.22. The van der Waals surface area contributed by atoms with Crippen LogP contribution in [0.4, 0.5) is 13.2 Å². The minimum absolute atomic E-state index is 0.0422. The van der Waals surface area contributed by atoms with Crippen LogP contribution >= 0.6 is 11.6 Å². The van der Waals surface area contributed by atoms with Crippen molar-refractivity contribution in [2.24, 2.45) is 0 Å². The van der Waals surface area contributed by atoms with Crippen LogP contribution < -0.4 is 0 Å². The van der Waals surface area contributed by atoms with Gasteiger partial charge in [-0.2, -0.15) is 13.2 Å². The molecule has 0 spiro atoms. The van der Waals surface area contributed by atoms with Crippen molar-refractivity contribution in [2.45, 2.75) is 19.2 Å². The van der Waals surface area contributed by atoms with Crippen LogP contribution in [0.25, 0.3) is 0 Å². The Morgan fingerprint density at radius 3 is 2.31 bits per heavy atom. The fourth-order valence-corrected chi connectivity index (χ4v) is 1.00. The van der Waals surface area contributed by atoms with E-state index >= 15 is 0 Å². The Kier molecular flexibility index (Phi) is 5.67. The molecule has 0 aromatic heterocycles. The third-order valence-corrected chi connectivity index (χ3v) is 1.85. The maximum atomic E-state index is 11.9. The van der Waals surface area contributed by atoms with E-state index in [4.69, 9.17) is 16.7 Å². The molecule has 1 N–H and O–H groups in total. The summed E-state index contributed by atoms with van der Waals surface area (Å²) in [5, 5.41) is 9.02. The lowest BCUT2D eigenvalue weighted by atomic mass is 10.3. The molecule has 6 heteroatoms. The molecule has 0 aliphatic carbocycles. The van der Waals surface area contributed by atoms with Crippen LogP contribution in [-0.2, 0) is 0 Å². The zero-order chi connectivity index (χ0) is 10.5. The van der Waals surface area contributed by atoms with Gasteiger partial charge in [-0.1, -0.05) is 6.92 Å². The molecule has 0 bridgehead atoms. The highest BCUT2D eigenvalue weighted by atomic mass is 35.5. The molecule has 0 fully saturated rings. The van der Waals surface area contributed by atoms with Gasteiger partial charge in [0.2, 0.25) is 0 Å². The van der Waals surface area contributed by atoms with Crippen LogP contribution in [0, 0.1) is 0 Å². The first-order chi connectivity index (χ1) is 5.89. The maximum Gasteiger partial charge on any atom is 0.401 e. The normalized spacial score (nSPS) is 15.0. The third-order valence-electron chi connectivity index (χ3n) is 1.50. The average molecular weight is 220 g/mol. The highest BCUT2D eigenvalue weighted by Crippen LogP contribution is 2.16. The average Bonchev–Trinajstić information content (AvgIpc) is 2.00. The third kappa shape index (κ3) is 7.10. The second kappa shape index (κ2) is 5.67. The van der Waals surface area contributed by atoms with Crippen molar-refractivity contribution in [1.82, 2.24) is 4.90 Å². The monoisotopic (exact) mass is 219 g/mol. The Hall–Kier alpha value is -0.0000000000000000555. The molecule has 2 nitrogen and oxygen atoms in total. The van der Waals surface area contributed by atoms with E-state index in [0.29, 0.717) is 0 Å². The standard InChI is InChI=1S/C7H13ClF3NO/c1-2-12(4-6(13)3-8)5-7(9,10)11/h6,13H,2-5H2,1H3. The summed E-state index contributed by atoms with van der Waals surface area (Å²) < 4.78 is 35.7. The molecule has 0 saturated carbocycles. The van der Waals surface area contributed by atoms with Gasteiger partial charge >= 0.3 is 6.18 Å². The molecule has 13 heavy (non-hydrogen) atoms. The van der Waals surface area contributed by atoms with E-state index < -0.39 is 18.8 Å².